The number of nitrogens with zero attached hydrogens (tertiary/aromatic N) is 2. The van der Waals surface area contributed by atoms with E-state index in [4.69, 9.17) is 38.6 Å². The van der Waals surface area contributed by atoms with Gasteiger partial charge >= 0.3 is 35.9 Å². The zero-order valence-electron chi connectivity index (χ0n) is 47.3. The zero-order valence-corrected chi connectivity index (χ0v) is 47.3. The number of amides is 1. The van der Waals surface area contributed by atoms with Gasteiger partial charge < -0.3 is 38.1 Å². The van der Waals surface area contributed by atoms with Crippen LogP contribution in [0.4, 0.5) is 4.79 Å². The van der Waals surface area contributed by atoms with E-state index in [0.717, 1.165) is 116 Å². The summed E-state index contributed by atoms with van der Waals surface area (Å²) in [6.45, 7) is 9.17. The first kappa shape index (κ1) is 66.2. The van der Waals surface area contributed by atoms with Gasteiger partial charge in [0, 0.05) is 50.5 Å². The molecule has 428 valence electrons. The number of carbonyl (C=O) groups excluding carboxylic acids is 6. The Morgan fingerprint density at radius 3 is 1.34 bits per heavy atom. The molecule has 1 amide bonds. The van der Waals surface area contributed by atoms with Crippen LogP contribution < -0.4 is 0 Å². The van der Waals surface area contributed by atoms with Gasteiger partial charge in [-0.2, -0.15) is 0 Å². The van der Waals surface area contributed by atoms with Gasteiger partial charge in [-0.3, -0.25) is 34.3 Å². The van der Waals surface area contributed by atoms with E-state index >= 15 is 0 Å². The van der Waals surface area contributed by atoms with Crippen LogP contribution in [0.2, 0.25) is 0 Å². The van der Waals surface area contributed by atoms with E-state index in [0.29, 0.717) is 38.6 Å². The molecule has 2 fully saturated rings. The molecule has 2 aliphatic rings. The van der Waals surface area contributed by atoms with E-state index in [1.807, 2.05) is 19.0 Å². The van der Waals surface area contributed by atoms with E-state index < -0.39 is 47.6 Å². The molecule has 16 nitrogen and oxygen atoms in total. The van der Waals surface area contributed by atoms with Crippen molar-refractivity contribution in [3.63, 3.8) is 0 Å². The normalized spacial score (nSPS) is 17.2. The van der Waals surface area contributed by atoms with Crippen molar-refractivity contribution in [2.75, 3.05) is 60.3 Å². The molecule has 1 aliphatic heterocycles. The number of hydrogen-bond donors (Lipinski definition) is 1. The Kier molecular flexibility index (Phi) is 36.9. The fraction of sp³-hybridized carbons (Fsp3) is 0.879. The summed E-state index contributed by atoms with van der Waals surface area (Å²) >= 11 is 0. The van der Waals surface area contributed by atoms with Crippen molar-refractivity contribution in [1.29, 1.82) is 5.41 Å². The number of carbonyl (C=O) groups is 6. The van der Waals surface area contributed by atoms with Gasteiger partial charge in [-0.05, 0) is 52.6 Å². The molecular weight excluding hydrogens is 947 g/mol. The molecule has 3 unspecified atom stereocenters. The first-order chi connectivity index (χ1) is 35.8. The number of nitrogens with one attached hydrogen (secondary N) is 1. The van der Waals surface area contributed by atoms with Gasteiger partial charge in [-0.1, -0.05) is 156 Å². The molecule has 0 aromatic heterocycles. The van der Waals surface area contributed by atoms with Crippen molar-refractivity contribution >= 4 is 41.8 Å². The highest BCUT2D eigenvalue weighted by Gasteiger charge is 2.72. The maximum Gasteiger partial charge on any atom is 0.410 e. The quantitative estimate of drug-likeness (QED) is 0.0199. The number of esters is 5. The molecule has 0 aromatic carbocycles. The fourth-order valence-corrected chi connectivity index (χ4v) is 9.42. The molecule has 0 radical (unpaired) electrons. The Balaban J connectivity index is 2.07. The second-order valence-electron chi connectivity index (χ2n) is 21.5. The van der Waals surface area contributed by atoms with E-state index in [1.54, 1.807) is 0 Å². The van der Waals surface area contributed by atoms with Crippen LogP contribution >= 0.6 is 0 Å². The average Bonchev–Trinajstić information content (AvgIpc) is 4.09. The van der Waals surface area contributed by atoms with Crippen molar-refractivity contribution < 1.29 is 61.9 Å². The topological polar surface area (TPSA) is 197 Å². The van der Waals surface area contributed by atoms with Crippen molar-refractivity contribution in [2.24, 2.45) is 11.8 Å². The van der Waals surface area contributed by atoms with Crippen LogP contribution in [-0.4, -0.2) is 130 Å². The number of rotatable bonds is 47. The SMILES string of the molecule is CCCCCCCCC(=N)OCC(COC(=O)CCCCCCCC)CC(=O)OC1CC12C[C@@H](COC(=O)CC(COC(=O)CCCCCCCC)COC(=O)CCCCCCCC)N2C(=O)OCCCN(C)C. The van der Waals surface area contributed by atoms with Gasteiger partial charge in [0.05, 0.1) is 57.5 Å². The summed E-state index contributed by atoms with van der Waals surface area (Å²) in [7, 11) is 3.87. The lowest BCUT2D eigenvalue weighted by Gasteiger charge is -2.48. The third kappa shape index (κ3) is 30.6. The first-order valence-electron chi connectivity index (χ1n) is 29.4. The van der Waals surface area contributed by atoms with E-state index in [1.165, 1.54) is 43.4 Å². The highest BCUT2D eigenvalue weighted by atomic mass is 16.6. The smallest absolute Gasteiger partial charge is 0.410 e. The summed E-state index contributed by atoms with van der Waals surface area (Å²) in [5.41, 5.74) is -0.822. The molecule has 0 aromatic rings. The second-order valence-corrected chi connectivity index (χ2v) is 21.5. The molecule has 1 heterocycles. The first-order valence-corrected chi connectivity index (χ1v) is 29.4. The predicted molar refractivity (Wildman–Crippen MR) is 288 cm³/mol. The highest BCUT2D eigenvalue weighted by molar-refractivity contribution is 5.75. The van der Waals surface area contributed by atoms with Crippen LogP contribution in [0, 0.1) is 17.2 Å². The fourth-order valence-electron chi connectivity index (χ4n) is 9.42. The minimum absolute atomic E-state index is 0.0207. The van der Waals surface area contributed by atoms with Gasteiger partial charge in [0.15, 0.2) is 5.90 Å². The van der Waals surface area contributed by atoms with Crippen LogP contribution in [0.1, 0.15) is 240 Å². The van der Waals surface area contributed by atoms with Crippen LogP contribution in [-0.2, 0) is 57.1 Å². The lowest BCUT2D eigenvalue weighted by atomic mass is 9.90. The maximum absolute atomic E-state index is 13.8. The summed E-state index contributed by atoms with van der Waals surface area (Å²) in [6.07, 6.45) is 26.3. The third-order valence-electron chi connectivity index (χ3n) is 14.1. The summed E-state index contributed by atoms with van der Waals surface area (Å²) in [5.74, 6) is -3.19. The Morgan fingerprint density at radius 1 is 0.486 bits per heavy atom. The predicted octanol–water partition coefficient (Wildman–Crippen LogP) is 12.4. The number of unbranched alkanes of at least 4 members (excludes halogenated alkanes) is 20. The van der Waals surface area contributed by atoms with Crippen molar-refractivity contribution in [3.8, 4) is 0 Å². The molecule has 1 aliphatic carbocycles. The Hall–Kier alpha value is -3.95. The van der Waals surface area contributed by atoms with Gasteiger partial charge in [-0.15, -0.1) is 0 Å². The molecule has 1 N–H and O–H groups in total. The third-order valence-corrected chi connectivity index (χ3v) is 14.1. The van der Waals surface area contributed by atoms with E-state index in [9.17, 15) is 28.8 Å². The zero-order chi connectivity index (χ0) is 54.2. The van der Waals surface area contributed by atoms with Crippen LogP contribution in [0.25, 0.3) is 0 Å². The minimum atomic E-state index is -0.822. The summed E-state index contributed by atoms with van der Waals surface area (Å²) in [4.78, 5) is 82.4. The standard InChI is InChI=1S/C58H103N3O13/c1-7-11-15-19-23-27-32-51(59)69-42-48(45-72-54(64)35-30-26-22-18-14-10-4)39-56(66)74-50-41-58(50)40-49(61(58)57(67)68-37-31-36-60(5)6)46-73-55(65)38-47(43-70-52(62)33-28-24-20-16-12-8-2)44-71-53(63)34-29-25-21-17-13-9-3/h47-50,59H,7-46H2,1-6H3/t48?,49-,50?,58?/m0/s1. The summed E-state index contributed by atoms with van der Waals surface area (Å²) in [5, 5.41) is 8.41. The van der Waals surface area contributed by atoms with Crippen LogP contribution in [0.5, 0.6) is 0 Å². The van der Waals surface area contributed by atoms with E-state index in [-0.39, 0.29) is 89.1 Å². The monoisotopic (exact) mass is 1050 g/mol. The van der Waals surface area contributed by atoms with Crippen molar-refractivity contribution in [3.05, 3.63) is 0 Å². The lowest BCUT2D eigenvalue weighted by Crippen LogP contribution is -2.64. The number of hydrogen-bond acceptors (Lipinski definition) is 15. The summed E-state index contributed by atoms with van der Waals surface area (Å²) in [6, 6.07) is -0.544. The molecule has 4 atom stereocenters. The summed E-state index contributed by atoms with van der Waals surface area (Å²) < 4.78 is 40.1. The largest absolute Gasteiger partial charge is 0.481 e. The van der Waals surface area contributed by atoms with Crippen molar-refractivity contribution in [1.82, 2.24) is 9.80 Å². The molecule has 74 heavy (non-hydrogen) atoms. The molecular formula is C58H103N3O13. The van der Waals surface area contributed by atoms with Gasteiger partial charge in [0.2, 0.25) is 0 Å². The van der Waals surface area contributed by atoms with Gasteiger partial charge in [-0.25, -0.2) is 4.79 Å². The van der Waals surface area contributed by atoms with E-state index in [2.05, 4.69) is 27.7 Å². The van der Waals surface area contributed by atoms with Gasteiger partial charge in [0.25, 0.3) is 0 Å². The second kappa shape index (κ2) is 41.2. The maximum atomic E-state index is 13.8. The van der Waals surface area contributed by atoms with Gasteiger partial charge in [0.1, 0.15) is 12.7 Å². The van der Waals surface area contributed by atoms with Crippen LogP contribution in [0.15, 0.2) is 0 Å². The Morgan fingerprint density at radius 2 is 0.892 bits per heavy atom. The molecule has 1 saturated heterocycles. The average molecular weight is 1050 g/mol. The molecule has 16 heteroatoms. The lowest BCUT2D eigenvalue weighted by molar-refractivity contribution is -0.159. The molecule has 0 bridgehead atoms. The Bertz CT molecular complexity index is 1510. The highest BCUT2D eigenvalue weighted by Crippen LogP contribution is 2.57. The van der Waals surface area contributed by atoms with Crippen LogP contribution in [0.3, 0.4) is 0 Å². The molecule has 2 rings (SSSR count). The molecule has 1 spiro atoms. The Labute approximate surface area is 446 Å². The van der Waals surface area contributed by atoms with Crippen molar-refractivity contribution in [2.45, 2.75) is 257 Å². The molecule has 1 saturated carbocycles. The number of likely N-dealkylation sites (tertiary alicyclic amines) is 1. The minimum Gasteiger partial charge on any atom is -0.481 e. The number of ether oxygens (including phenoxy) is 7.